The molecule has 0 aliphatic carbocycles. The van der Waals surface area contributed by atoms with Crippen LogP contribution in [0.4, 0.5) is 0 Å². The first kappa shape index (κ1) is 12.6. The minimum atomic E-state index is 0.609. The van der Waals surface area contributed by atoms with E-state index in [1.54, 1.807) is 0 Å². The van der Waals surface area contributed by atoms with Gasteiger partial charge in [0, 0.05) is 18.6 Å². The molecule has 2 unspecified atom stereocenters. The molecule has 1 heterocycles. The van der Waals surface area contributed by atoms with Crippen LogP contribution >= 0.6 is 0 Å². The first-order valence-electron chi connectivity index (χ1n) is 6.85. The smallest absolute Gasteiger partial charge is 0.0193 e. The maximum Gasteiger partial charge on any atom is 0.0193 e. The van der Waals surface area contributed by atoms with Gasteiger partial charge >= 0.3 is 0 Å². The molecule has 2 atom stereocenters. The number of hydrogen-bond donors (Lipinski definition) is 2. The zero-order chi connectivity index (χ0) is 11.9. The molecule has 0 aromatic heterocycles. The Balaban J connectivity index is 1.62. The molecular weight excluding hydrogens is 208 g/mol. The van der Waals surface area contributed by atoms with E-state index < -0.39 is 0 Å². The van der Waals surface area contributed by atoms with Crippen LogP contribution in [0, 0.1) is 0 Å². The highest BCUT2D eigenvalue weighted by molar-refractivity contribution is 5.14. The average molecular weight is 232 g/mol. The van der Waals surface area contributed by atoms with Crippen LogP contribution in [0.2, 0.25) is 0 Å². The predicted octanol–water partition coefficient (Wildman–Crippen LogP) is 2.35. The van der Waals surface area contributed by atoms with Crippen LogP contribution in [0.25, 0.3) is 0 Å². The summed E-state index contributed by atoms with van der Waals surface area (Å²) >= 11 is 0. The quantitative estimate of drug-likeness (QED) is 0.787. The molecule has 17 heavy (non-hydrogen) atoms. The van der Waals surface area contributed by atoms with E-state index in [4.69, 9.17) is 0 Å². The Bertz CT molecular complexity index is 304. The SMILES string of the molecule is CC(CCc1ccccc1)NCC1CCCN1. The van der Waals surface area contributed by atoms with Gasteiger partial charge in [-0.1, -0.05) is 30.3 Å². The lowest BCUT2D eigenvalue weighted by Crippen LogP contribution is -2.38. The number of hydrogen-bond acceptors (Lipinski definition) is 2. The lowest BCUT2D eigenvalue weighted by atomic mass is 10.1. The second-order valence-corrected chi connectivity index (χ2v) is 5.13. The van der Waals surface area contributed by atoms with Crippen molar-refractivity contribution in [3.8, 4) is 0 Å². The van der Waals surface area contributed by atoms with Crippen molar-refractivity contribution >= 4 is 0 Å². The van der Waals surface area contributed by atoms with Crippen molar-refractivity contribution in [1.29, 1.82) is 0 Å². The monoisotopic (exact) mass is 232 g/mol. The molecule has 94 valence electrons. The van der Waals surface area contributed by atoms with Gasteiger partial charge in [-0.2, -0.15) is 0 Å². The summed E-state index contributed by atoms with van der Waals surface area (Å²) in [6.45, 7) is 4.61. The van der Waals surface area contributed by atoms with Gasteiger partial charge in [-0.25, -0.2) is 0 Å². The van der Waals surface area contributed by atoms with Crippen LogP contribution in [0.3, 0.4) is 0 Å². The molecule has 0 radical (unpaired) electrons. The maximum absolute atomic E-state index is 3.63. The van der Waals surface area contributed by atoms with Gasteiger partial charge in [-0.15, -0.1) is 0 Å². The number of aryl methyl sites for hydroxylation is 1. The summed E-state index contributed by atoms with van der Waals surface area (Å²) in [5.74, 6) is 0. The van der Waals surface area contributed by atoms with Gasteiger partial charge in [0.2, 0.25) is 0 Å². The molecule has 1 aliphatic rings. The first-order chi connectivity index (χ1) is 8.34. The molecule has 1 aromatic rings. The molecule has 1 aliphatic heterocycles. The van der Waals surface area contributed by atoms with Gasteiger partial charge in [0.15, 0.2) is 0 Å². The highest BCUT2D eigenvalue weighted by atomic mass is 15.0. The van der Waals surface area contributed by atoms with Gasteiger partial charge < -0.3 is 10.6 Å². The van der Waals surface area contributed by atoms with Crippen LogP contribution in [-0.4, -0.2) is 25.2 Å². The molecule has 1 saturated heterocycles. The Hall–Kier alpha value is -0.860. The van der Waals surface area contributed by atoms with Crippen molar-refractivity contribution in [1.82, 2.24) is 10.6 Å². The van der Waals surface area contributed by atoms with Gasteiger partial charge in [0.1, 0.15) is 0 Å². The third kappa shape index (κ3) is 4.49. The summed E-state index contributed by atoms with van der Waals surface area (Å²) < 4.78 is 0. The fourth-order valence-corrected chi connectivity index (χ4v) is 2.40. The second-order valence-electron chi connectivity index (χ2n) is 5.13. The summed E-state index contributed by atoms with van der Waals surface area (Å²) in [5.41, 5.74) is 1.44. The van der Waals surface area contributed by atoms with Crippen LogP contribution in [0.1, 0.15) is 31.7 Å². The summed E-state index contributed by atoms with van der Waals surface area (Å²) in [6.07, 6.45) is 5.06. The molecule has 2 rings (SSSR count). The van der Waals surface area contributed by atoms with Crippen LogP contribution in [0.5, 0.6) is 0 Å². The molecule has 0 amide bonds. The average Bonchev–Trinajstić information content (AvgIpc) is 2.88. The van der Waals surface area contributed by atoms with Crippen molar-refractivity contribution < 1.29 is 0 Å². The lowest BCUT2D eigenvalue weighted by molar-refractivity contribution is 0.461. The zero-order valence-electron chi connectivity index (χ0n) is 10.8. The molecule has 0 spiro atoms. The topological polar surface area (TPSA) is 24.1 Å². The number of benzene rings is 1. The molecule has 2 heteroatoms. The molecule has 1 aromatic carbocycles. The van der Waals surface area contributed by atoms with E-state index in [0.29, 0.717) is 12.1 Å². The van der Waals surface area contributed by atoms with Gasteiger partial charge in [-0.05, 0) is 44.7 Å². The Labute approximate surface area is 105 Å². The van der Waals surface area contributed by atoms with Gasteiger partial charge in [-0.3, -0.25) is 0 Å². The highest BCUT2D eigenvalue weighted by Gasteiger charge is 2.14. The van der Waals surface area contributed by atoms with E-state index >= 15 is 0 Å². The van der Waals surface area contributed by atoms with E-state index in [0.717, 1.165) is 6.54 Å². The summed E-state index contributed by atoms with van der Waals surface area (Å²) in [5, 5.41) is 7.16. The summed E-state index contributed by atoms with van der Waals surface area (Å²) in [4.78, 5) is 0. The largest absolute Gasteiger partial charge is 0.313 e. The van der Waals surface area contributed by atoms with E-state index in [-0.39, 0.29) is 0 Å². The van der Waals surface area contributed by atoms with E-state index in [2.05, 4.69) is 47.9 Å². The molecule has 1 fully saturated rings. The number of rotatable bonds is 6. The van der Waals surface area contributed by atoms with Crippen LogP contribution < -0.4 is 10.6 Å². The fourth-order valence-electron chi connectivity index (χ4n) is 2.40. The molecule has 2 N–H and O–H groups in total. The normalized spacial score (nSPS) is 21.6. The van der Waals surface area contributed by atoms with Crippen molar-refractivity contribution in [2.75, 3.05) is 13.1 Å². The Kier molecular flexibility index (Phi) is 5.02. The second kappa shape index (κ2) is 6.77. The first-order valence-corrected chi connectivity index (χ1v) is 6.85. The third-order valence-electron chi connectivity index (χ3n) is 3.58. The predicted molar refractivity (Wildman–Crippen MR) is 73.3 cm³/mol. The molecule has 0 saturated carbocycles. The third-order valence-corrected chi connectivity index (χ3v) is 3.58. The Morgan fingerprint density at radius 1 is 1.35 bits per heavy atom. The van der Waals surface area contributed by atoms with Crippen molar-refractivity contribution in [2.24, 2.45) is 0 Å². The highest BCUT2D eigenvalue weighted by Crippen LogP contribution is 2.06. The molecule has 2 nitrogen and oxygen atoms in total. The van der Waals surface area contributed by atoms with Crippen LogP contribution in [0.15, 0.2) is 30.3 Å². The summed E-state index contributed by atoms with van der Waals surface area (Å²) in [7, 11) is 0. The van der Waals surface area contributed by atoms with E-state index in [1.165, 1.54) is 37.8 Å². The van der Waals surface area contributed by atoms with Crippen molar-refractivity contribution in [2.45, 2.75) is 44.7 Å². The van der Waals surface area contributed by atoms with Crippen LogP contribution in [-0.2, 0) is 6.42 Å². The van der Waals surface area contributed by atoms with E-state index in [1.807, 2.05) is 0 Å². The Morgan fingerprint density at radius 2 is 2.18 bits per heavy atom. The zero-order valence-corrected chi connectivity index (χ0v) is 10.8. The molecule has 0 bridgehead atoms. The standard InChI is InChI=1S/C15H24N2/c1-13(17-12-15-8-5-11-16-15)9-10-14-6-3-2-4-7-14/h2-4,6-7,13,15-17H,5,8-12H2,1H3. The van der Waals surface area contributed by atoms with Gasteiger partial charge in [0.05, 0.1) is 0 Å². The minimum absolute atomic E-state index is 0.609. The Morgan fingerprint density at radius 3 is 2.88 bits per heavy atom. The maximum atomic E-state index is 3.63. The molecular formula is C15H24N2. The lowest BCUT2D eigenvalue weighted by Gasteiger charge is -2.17. The van der Waals surface area contributed by atoms with Crippen molar-refractivity contribution in [3.05, 3.63) is 35.9 Å². The fraction of sp³-hybridized carbons (Fsp3) is 0.600. The summed E-state index contributed by atoms with van der Waals surface area (Å²) in [6, 6.07) is 12.1. The minimum Gasteiger partial charge on any atom is -0.313 e. The number of nitrogens with one attached hydrogen (secondary N) is 2. The van der Waals surface area contributed by atoms with Crippen molar-refractivity contribution in [3.63, 3.8) is 0 Å². The van der Waals surface area contributed by atoms with Gasteiger partial charge in [0.25, 0.3) is 0 Å². The van der Waals surface area contributed by atoms with E-state index in [9.17, 15) is 0 Å².